The molecule has 6 nitrogen and oxygen atoms in total. The van der Waals surface area contributed by atoms with E-state index in [2.05, 4.69) is 4.98 Å². The van der Waals surface area contributed by atoms with Crippen LogP contribution in [0.5, 0.6) is 0 Å². The Hall–Kier alpha value is -1.99. The van der Waals surface area contributed by atoms with Gasteiger partial charge in [-0.2, -0.15) is 0 Å². The molecule has 0 aromatic carbocycles. The summed E-state index contributed by atoms with van der Waals surface area (Å²) >= 11 is 1.53. The van der Waals surface area contributed by atoms with Crippen molar-refractivity contribution < 1.29 is 9.21 Å². The van der Waals surface area contributed by atoms with Gasteiger partial charge in [-0.15, -0.1) is 11.8 Å². The number of pyridine rings is 1. The molecule has 0 atom stereocenters. The molecule has 0 spiro atoms. The second kappa shape index (κ2) is 5.56. The summed E-state index contributed by atoms with van der Waals surface area (Å²) in [5.74, 6) is 5.92. The van der Waals surface area contributed by atoms with Crippen molar-refractivity contribution in [2.24, 2.45) is 5.84 Å². The zero-order valence-corrected chi connectivity index (χ0v) is 10.2. The molecule has 0 fully saturated rings. The molecule has 2 aromatic heterocycles. The first kappa shape index (κ1) is 12.5. The molecule has 0 unspecified atom stereocenters. The highest BCUT2D eigenvalue weighted by Crippen LogP contribution is 2.24. The van der Waals surface area contributed by atoms with Gasteiger partial charge in [0.15, 0.2) is 5.76 Å². The Morgan fingerprint density at radius 2 is 2.28 bits per heavy atom. The number of nitrogens with zero attached hydrogens (tertiary/aromatic N) is 1. The van der Waals surface area contributed by atoms with Gasteiger partial charge >= 0.3 is 5.91 Å². The van der Waals surface area contributed by atoms with Gasteiger partial charge in [0.25, 0.3) is 0 Å². The SMILES string of the molecule is NNC(=O)c1occc1CSc1ccc(N)nc1. The molecule has 0 saturated heterocycles. The summed E-state index contributed by atoms with van der Waals surface area (Å²) in [7, 11) is 0. The number of anilines is 1. The fourth-order valence-electron chi connectivity index (χ4n) is 1.35. The van der Waals surface area contributed by atoms with Crippen molar-refractivity contribution in [1.29, 1.82) is 0 Å². The molecule has 5 N–H and O–H groups in total. The van der Waals surface area contributed by atoms with Gasteiger partial charge < -0.3 is 10.2 Å². The van der Waals surface area contributed by atoms with Gasteiger partial charge in [-0.25, -0.2) is 10.8 Å². The zero-order chi connectivity index (χ0) is 13.0. The van der Waals surface area contributed by atoms with Crippen molar-refractivity contribution in [3.8, 4) is 0 Å². The number of nitrogens with one attached hydrogen (secondary N) is 1. The van der Waals surface area contributed by atoms with Crippen molar-refractivity contribution in [3.63, 3.8) is 0 Å². The van der Waals surface area contributed by atoms with Crippen LogP contribution in [0.1, 0.15) is 16.1 Å². The quantitative estimate of drug-likeness (QED) is 0.331. The molecule has 0 saturated carbocycles. The number of hydrogen-bond acceptors (Lipinski definition) is 6. The minimum atomic E-state index is -0.439. The molecule has 2 heterocycles. The highest BCUT2D eigenvalue weighted by atomic mass is 32.2. The number of thioether (sulfide) groups is 1. The molecule has 0 aliphatic rings. The fraction of sp³-hybridized carbons (Fsp3) is 0.0909. The molecule has 0 radical (unpaired) electrons. The van der Waals surface area contributed by atoms with Gasteiger partial charge in [-0.05, 0) is 18.2 Å². The first-order chi connectivity index (χ1) is 8.70. The Morgan fingerprint density at radius 3 is 2.94 bits per heavy atom. The Balaban J connectivity index is 2.04. The van der Waals surface area contributed by atoms with Crippen LogP contribution in [0.3, 0.4) is 0 Å². The number of amides is 1. The third-order valence-electron chi connectivity index (χ3n) is 2.24. The number of rotatable bonds is 4. The number of nitrogen functional groups attached to an aromatic ring is 2. The summed E-state index contributed by atoms with van der Waals surface area (Å²) in [6.45, 7) is 0. The topological polar surface area (TPSA) is 107 Å². The van der Waals surface area contributed by atoms with Gasteiger partial charge in [-0.3, -0.25) is 10.2 Å². The molecular formula is C11H12N4O2S. The Kier molecular flexibility index (Phi) is 3.85. The van der Waals surface area contributed by atoms with E-state index in [-0.39, 0.29) is 5.76 Å². The average Bonchev–Trinajstić information content (AvgIpc) is 2.85. The van der Waals surface area contributed by atoms with Crippen LogP contribution in [0.15, 0.2) is 40.0 Å². The number of carbonyl (C=O) groups is 1. The standard InChI is InChI=1S/C11H12N4O2S/c12-9-2-1-8(5-14-9)18-6-7-3-4-17-10(7)11(16)15-13/h1-5H,6,13H2,(H2,12,14)(H,15,16). The van der Waals surface area contributed by atoms with E-state index in [9.17, 15) is 4.79 Å². The maximum Gasteiger partial charge on any atom is 0.301 e. The molecule has 1 amide bonds. The van der Waals surface area contributed by atoms with Gasteiger partial charge in [0.2, 0.25) is 0 Å². The summed E-state index contributed by atoms with van der Waals surface area (Å²) in [6.07, 6.45) is 3.14. The highest BCUT2D eigenvalue weighted by molar-refractivity contribution is 7.98. The Morgan fingerprint density at radius 1 is 1.44 bits per heavy atom. The van der Waals surface area contributed by atoms with E-state index in [0.29, 0.717) is 11.6 Å². The fourth-order valence-corrected chi connectivity index (χ4v) is 2.19. The summed E-state index contributed by atoms with van der Waals surface area (Å²) in [4.78, 5) is 16.3. The first-order valence-corrected chi connectivity index (χ1v) is 6.11. The average molecular weight is 264 g/mol. The molecule has 2 aromatic rings. The van der Waals surface area contributed by atoms with Crippen LogP contribution in [-0.2, 0) is 5.75 Å². The summed E-state index contributed by atoms with van der Waals surface area (Å²) < 4.78 is 5.08. The number of carbonyl (C=O) groups excluding carboxylic acids is 1. The maximum absolute atomic E-state index is 11.4. The molecule has 18 heavy (non-hydrogen) atoms. The van der Waals surface area contributed by atoms with Crippen molar-refractivity contribution in [2.45, 2.75) is 10.6 Å². The van der Waals surface area contributed by atoms with Crippen LogP contribution < -0.4 is 17.0 Å². The number of nitrogens with two attached hydrogens (primary N) is 2. The van der Waals surface area contributed by atoms with Crippen molar-refractivity contribution in [2.75, 3.05) is 5.73 Å². The lowest BCUT2D eigenvalue weighted by atomic mass is 10.3. The van der Waals surface area contributed by atoms with Gasteiger partial charge in [0.05, 0.1) is 6.26 Å². The minimum Gasteiger partial charge on any atom is -0.459 e. The van der Waals surface area contributed by atoms with Crippen LogP contribution >= 0.6 is 11.8 Å². The van der Waals surface area contributed by atoms with E-state index in [1.165, 1.54) is 18.0 Å². The van der Waals surface area contributed by atoms with Crippen molar-refractivity contribution in [3.05, 3.63) is 42.0 Å². The van der Waals surface area contributed by atoms with Crippen LogP contribution in [-0.4, -0.2) is 10.9 Å². The van der Waals surface area contributed by atoms with E-state index in [1.54, 1.807) is 18.3 Å². The van der Waals surface area contributed by atoms with Gasteiger partial charge in [0.1, 0.15) is 5.82 Å². The van der Waals surface area contributed by atoms with Crippen molar-refractivity contribution >= 4 is 23.5 Å². The monoisotopic (exact) mass is 264 g/mol. The predicted octanol–water partition coefficient (Wildman–Crippen LogP) is 1.15. The molecule has 0 bridgehead atoms. The van der Waals surface area contributed by atoms with Crippen molar-refractivity contribution in [1.82, 2.24) is 10.4 Å². The number of furan rings is 1. The molecule has 2 rings (SSSR count). The lowest BCUT2D eigenvalue weighted by molar-refractivity contribution is 0.0925. The molecule has 7 heteroatoms. The minimum absolute atomic E-state index is 0.230. The van der Waals surface area contributed by atoms with E-state index < -0.39 is 5.91 Å². The second-order valence-electron chi connectivity index (χ2n) is 3.46. The molecule has 0 aliphatic carbocycles. The lowest BCUT2D eigenvalue weighted by Crippen LogP contribution is -2.30. The molecule has 94 valence electrons. The Bertz CT molecular complexity index is 538. The summed E-state index contributed by atoms with van der Waals surface area (Å²) in [5, 5.41) is 0. The summed E-state index contributed by atoms with van der Waals surface area (Å²) in [5.41, 5.74) is 8.32. The first-order valence-electron chi connectivity index (χ1n) is 5.12. The largest absolute Gasteiger partial charge is 0.459 e. The predicted molar refractivity (Wildman–Crippen MR) is 68.6 cm³/mol. The van der Waals surface area contributed by atoms with Crippen LogP contribution in [0.25, 0.3) is 0 Å². The van der Waals surface area contributed by atoms with E-state index in [0.717, 1.165) is 10.5 Å². The third kappa shape index (κ3) is 2.82. The highest BCUT2D eigenvalue weighted by Gasteiger charge is 2.14. The molecular weight excluding hydrogens is 252 g/mol. The van der Waals surface area contributed by atoms with E-state index in [1.807, 2.05) is 11.5 Å². The van der Waals surface area contributed by atoms with Gasteiger partial charge in [-0.1, -0.05) is 0 Å². The van der Waals surface area contributed by atoms with Crippen LogP contribution in [0.4, 0.5) is 5.82 Å². The second-order valence-corrected chi connectivity index (χ2v) is 4.50. The zero-order valence-electron chi connectivity index (χ0n) is 9.42. The normalized spacial score (nSPS) is 10.3. The van der Waals surface area contributed by atoms with Crippen LogP contribution in [0.2, 0.25) is 0 Å². The maximum atomic E-state index is 11.4. The van der Waals surface area contributed by atoms with E-state index >= 15 is 0 Å². The molecule has 0 aliphatic heterocycles. The summed E-state index contributed by atoms with van der Waals surface area (Å²) in [6, 6.07) is 5.34. The lowest BCUT2D eigenvalue weighted by Gasteiger charge is -2.02. The number of hydrazine groups is 1. The van der Waals surface area contributed by atoms with Gasteiger partial charge in [0, 0.05) is 22.4 Å². The van der Waals surface area contributed by atoms with Crippen LogP contribution in [0, 0.1) is 0 Å². The third-order valence-corrected chi connectivity index (χ3v) is 3.27. The number of aromatic nitrogens is 1. The Labute approximate surface area is 108 Å². The smallest absolute Gasteiger partial charge is 0.301 e. The number of hydrogen-bond donors (Lipinski definition) is 3. The van der Waals surface area contributed by atoms with E-state index in [4.69, 9.17) is 16.0 Å².